The van der Waals surface area contributed by atoms with Crippen LogP contribution in [0.15, 0.2) is 30.7 Å². The highest BCUT2D eigenvalue weighted by atomic mass is 19.1. The summed E-state index contributed by atoms with van der Waals surface area (Å²) in [6.07, 6.45) is 1.71. The fraction of sp³-hybridized carbons (Fsp3) is 0.364. The molecule has 1 N–H and O–H groups in total. The van der Waals surface area contributed by atoms with Crippen molar-refractivity contribution in [3.8, 4) is 0 Å². The van der Waals surface area contributed by atoms with E-state index in [0.29, 0.717) is 0 Å². The van der Waals surface area contributed by atoms with Crippen molar-refractivity contribution in [3.63, 3.8) is 0 Å². The molecule has 0 aliphatic heterocycles. The van der Waals surface area contributed by atoms with Gasteiger partial charge in [0, 0.05) is 6.20 Å². The average Bonchev–Trinajstić information content (AvgIpc) is 2.02. The number of nitrogens with one attached hydrogen (secondary N) is 1. The third-order valence-corrected chi connectivity index (χ3v) is 2.38. The maximum Gasteiger partial charge on any atom is 0.125 e. The number of pyridine rings is 1. The third-order valence-electron chi connectivity index (χ3n) is 2.38. The Kier molecular flexibility index (Phi) is 2.60. The highest BCUT2D eigenvalue weighted by Crippen LogP contribution is 2.22. The predicted octanol–water partition coefficient (Wildman–Crippen LogP) is 2.49. The Morgan fingerprint density at radius 3 is 2.57 bits per heavy atom. The molecule has 0 radical (unpaired) electrons. The molecule has 0 spiro atoms. The molecule has 0 aromatic carbocycles. The average molecular weight is 194 g/mol. The highest BCUT2D eigenvalue weighted by Gasteiger charge is 2.23. The molecule has 0 saturated carbocycles. The molecule has 0 amide bonds. The van der Waals surface area contributed by atoms with Gasteiger partial charge in [-0.15, -0.1) is 0 Å². The van der Waals surface area contributed by atoms with Crippen LogP contribution in [0.4, 0.5) is 4.39 Å². The van der Waals surface area contributed by atoms with E-state index in [2.05, 4.69) is 6.58 Å². The Hall–Kier alpha value is -1.38. The zero-order valence-electron chi connectivity index (χ0n) is 8.76. The minimum Gasteiger partial charge on any atom is -0.321 e. The van der Waals surface area contributed by atoms with E-state index in [1.54, 1.807) is 30.7 Å². The van der Waals surface area contributed by atoms with Crippen molar-refractivity contribution < 1.29 is 4.39 Å². The molecule has 0 aliphatic rings. The van der Waals surface area contributed by atoms with E-state index in [9.17, 15) is 4.39 Å². The van der Waals surface area contributed by atoms with E-state index in [1.165, 1.54) is 0 Å². The van der Waals surface area contributed by atoms with Crippen LogP contribution in [0, 0.1) is 12.3 Å². The van der Waals surface area contributed by atoms with Gasteiger partial charge in [-0.1, -0.05) is 6.58 Å². The van der Waals surface area contributed by atoms with Crippen molar-refractivity contribution in [2.24, 2.45) is 0 Å². The maximum absolute atomic E-state index is 13.1. The smallest absolute Gasteiger partial charge is 0.125 e. The summed E-state index contributed by atoms with van der Waals surface area (Å²) >= 11 is 0. The van der Waals surface area contributed by atoms with E-state index in [0.717, 1.165) is 5.56 Å². The van der Waals surface area contributed by atoms with Gasteiger partial charge in [-0.2, -0.15) is 0 Å². The van der Waals surface area contributed by atoms with Crippen molar-refractivity contribution in [3.05, 3.63) is 41.8 Å². The van der Waals surface area contributed by atoms with Crippen LogP contribution in [-0.2, 0) is 5.54 Å². The molecule has 1 heterocycles. The first-order valence-electron chi connectivity index (χ1n) is 4.45. The lowest BCUT2D eigenvalue weighted by atomic mass is 10.0. The van der Waals surface area contributed by atoms with Crippen molar-refractivity contribution in [2.75, 3.05) is 0 Å². The van der Waals surface area contributed by atoms with Gasteiger partial charge in [0.25, 0.3) is 0 Å². The third kappa shape index (κ3) is 1.76. The molecule has 3 heteroatoms. The second kappa shape index (κ2) is 3.40. The van der Waals surface area contributed by atoms with Crippen LogP contribution < -0.4 is 5.49 Å². The summed E-state index contributed by atoms with van der Waals surface area (Å²) in [5.41, 5.74) is 0.422. The fourth-order valence-electron chi connectivity index (χ4n) is 1.22. The van der Waals surface area contributed by atoms with Crippen LogP contribution in [0.1, 0.15) is 19.4 Å². The Balaban J connectivity index is 3.34. The maximum atomic E-state index is 13.1. The summed E-state index contributed by atoms with van der Waals surface area (Å²) in [6, 6.07) is 3.55. The first kappa shape index (κ1) is 10.7. The molecular formula is C11H15FN2. The van der Waals surface area contributed by atoms with Crippen LogP contribution in [0.3, 0.4) is 0 Å². The quantitative estimate of drug-likeness (QED) is 0.749. The SMILES string of the molecule is C=C(F)C(C)(C)n1ccc(C)cc1=N. The minimum absolute atomic E-state index is 0.286. The normalized spacial score (nSPS) is 11.4. The molecule has 1 aromatic rings. The van der Waals surface area contributed by atoms with Gasteiger partial charge >= 0.3 is 0 Å². The first-order valence-corrected chi connectivity index (χ1v) is 4.45. The Morgan fingerprint density at radius 2 is 2.14 bits per heavy atom. The van der Waals surface area contributed by atoms with Gasteiger partial charge in [-0.05, 0) is 38.5 Å². The molecule has 0 fully saturated rings. The molecule has 76 valence electrons. The van der Waals surface area contributed by atoms with Gasteiger partial charge < -0.3 is 4.57 Å². The predicted molar refractivity (Wildman–Crippen MR) is 54.6 cm³/mol. The van der Waals surface area contributed by atoms with Crippen molar-refractivity contribution >= 4 is 0 Å². The summed E-state index contributed by atoms with van der Waals surface area (Å²) in [7, 11) is 0. The van der Waals surface area contributed by atoms with Gasteiger partial charge in [-0.3, -0.25) is 5.41 Å². The summed E-state index contributed by atoms with van der Waals surface area (Å²) in [4.78, 5) is 0. The van der Waals surface area contributed by atoms with E-state index in [1.807, 2.05) is 13.0 Å². The molecule has 1 aromatic heterocycles. The lowest BCUT2D eigenvalue weighted by Gasteiger charge is -2.26. The van der Waals surface area contributed by atoms with Crippen molar-refractivity contribution in [1.29, 1.82) is 5.41 Å². The van der Waals surface area contributed by atoms with Crippen molar-refractivity contribution in [1.82, 2.24) is 4.57 Å². The van der Waals surface area contributed by atoms with Crippen LogP contribution in [0.5, 0.6) is 0 Å². The van der Waals surface area contributed by atoms with Gasteiger partial charge in [0.15, 0.2) is 0 Å². The molecule has 14 heavy (non-hydrogen) atoms. The molecular weight excluding hydrogens is 179 g/mol. The number of halogens is 1. The lowest BCUT2D eigenvalue weighted by Crippen LogP contribution is -2.36. The van der Waals surface area contributed by atoms with Gasteiger partial charge in [0.05, 0.1) is 5.54 Å². The summed E-state index contributed by atoms with van der Waals surface area (Å²) in [5.74, 6) is -0.445. The van der Waals surface area contributed by atoms with Gasteiger partial charge in [0.2, 0.25) is 0 Å². The number of aromatic nitrogens is 1. The van der Waals surface area contributed by atoms with Gasteiger partial charge in [-0.25, -0.2) is 4.39 Å². The van der Waals surface area contributed by atoms with E-state index in [-0.39, 0.29) is 5.49 Å². The number of hydrogen-bond donors (Lipinski definition) is 1. The summed E-state index contributed by atoms with van der Waals surface area (Å²) in [5, 5.41) is 7.72. The molecule has 0 atom stereocenters. The zero-order chi connectivity index (χ0) is 10.9. The molecule has 0 aliphatic carbocycles. The second-order valence-corrected chi connectivity index (χ2v) is 3.92. The molecule has 0 bridgehead atoms. The number of hydrogen-bond acceptors (Lipinski definition) is 1. The van der Waals surface area contributed by atoms with Crippen LogP contribution >= 0.6 is 0 Å². The largest absolute Gasteiger partial charge is 0.321 e. The summed E-state index contributed by atoms with van der Waals surface area (Å²) in [6.45, 7) is 8.59. The second-order valence-electron chi connectivity index (χ2n) is 3.92. The number of nitrogens with zero attached hydrogens (tertiary/aromatic N) is 1. The zero-order valence-corrected chi connectivity index (χ0v) is 8.76. The molecule has 0 unspecified atom stereocenters. The highest BCUT2D eigenvalue weighted by molar-refractivity contribution is 5.12. The van der Waals surface area contributed by atoms with E-state index < -0.39 is 11.4 Å². The monoisotopic (exact) mass is 194 g/mol. The first-order chi connectivity index (χ1) is 6.35. The van der Waals surface area contributed by atoms with Crippen LogP contribution in [0.25, 0.3) is 0 Å². The number of aryl methyl sites for hydroxylation is 1. The van der Waals surface area contributed by atoms with E-state index in [4.69, 9.17) is 5.41 Å². The van der Waals surface area contributed by atoms with Gasteiger partial charge in [0.1, 0.15) is 11.3 Å². The van der Waals surface area contributed by atoms with Crippen LogP contribution in [-0.4, -0.2) is 4.57 Å². The fourth-order valence-corrected chi connectivity index (χ4v) is 1.22. The molecule has 0 saturated heterocycles. The summed E-state index contributed by atoms with van der Waals surface area (Å²) < 4.78 is 14.7. The molecule has 1 rings (SSSR count). The topological polar surface area (TPSA) is 28.8 Å². The Labute approximate surface area is 83.2 Å². The van der Waals surface area contributed by atoms with Crippen LogP contribution in [0.2, 0.25) is 0 Å². The minimum atomic E-state index is -0.856. The number of rotatable bonds is 2. The molecule has 2 nitrogen and oxygen atoms in total. The standard InChI is InChI=1S/C11H15FN2/c1-8-5-6-14(10(13)7-8)11(3,4)9(2)12/h5-7,13H,2H2,1,3-4H3. The van der Waals surface area contributed by atoms with Crippen molar-refractivity contribution in [2.45, 2.75) is 26.3 Å². The lowest BCUT2D eigenvalue weighted by molar-refractivity contribution is 0.330. The number of allylic oxidation sites excluding steroid dienone is 1. The Bertz CT molecular complexity index is 416. The Morgan fingerprint density at radius 1 is 1.57 bits per heavy atom. The van der Waals surface area contributed by atoms with E-state index >= 15 is 0 Å².